The van der Waals surface area contributed by atoms with Gasteiger partial charge in [0.1, 0.15) is 12.1 Å². The van der Waals surface area contributed by atoms with Crippen molar-refractivity contribution in [2.45, 2.75) is 45.2 Å². The minimum absolute atomic E-state index is 0.108. The molecule has 0 rings (SSSR count). The summed E-state index contributed by atoms with van der Waals surface area (Å²) in [6.07, 6.45) is 0.280. The summed E-state index contributed by atoms with van der Waals surface area (Å²) < 4.78 is 0. The van der Waals surface area contributed by atoms with E-state index in [-0.39, 0.29) is 18.8 Å². The molecule has 110 valence electrons. The van der Waals surface area contributed by atoms with E-state index < -0.39 is 30.0 Å². The monoisotopic (exact) mass is 276 g/mol. The zero-order valence-corrected chi connectivity index (χ0v) is 11.0. The van der Waals surface area contributed by atoms with Gasteiger partial charge in [0.15, 0.2) is 0 Å². The number of carbonyl (C=O) groups excluding carboxylic acids is 2. The van der Waals surface area contributed by atoms with Crippen molar-refractivity contribution in [3.05, 3.63) is 0 Å². The summed E-state index contributed by atoms with van der Waals surface area (Å²) in [4.78, 5) is 41.4. The number of carboxylic acids is 1. The molecule has 0 heterocycles. The third kappa shape index (κ3) is 6.73. The molecule has 19 heavy (non-hydrogen) atoms. The first-order valence-electron chi connectivity index (χ1n) is 5.94. The van der Waals surface area contributed by atoms with Gasteiger partial charge in [0.25, 0.3) is 0 Å². The second-order valence-electron chi connectivity index (χ2n) is 4.25. The van der Waals surface area contributed by atoms with Gasteiger partial charge in [-0.2, -0.15) is 0 Å². The molecule has 0 aliphatic carbocycles. The molecular formula is C11H20N2O6. The lowest BCUT2D eigenvalue weighted by molar-refractivity contribution is -0.261. The largest absolute Gasteiger partial charge is 0.481 e. The van der Waals surface area contributed by atoms with Crippen molar-refractivity contribution in [2.75, 3.05) is 0 Å². The Bertz CT molecular complexity index is 333. The van der Waals surface area contributed by atoms with Gasteiger partial charge in [-0.25, -0.2) is 19.4 Å². The molecule has 0 aromatic rings. The summed E-state index contributed by atoms with van der Waals surface area (Å²) in [5.74, 6) is -3.08. The molecule has 3 atom stereocenters. The minimum atomic E-state index is -1.16. The highest BCUT2D eigenvalue weighted by Gasteiger charge is 2.25. The number of carboxylic acid groups (broad SMARTS) is 1. The molecule has 0 aliphatic rings. The van der Waals surface area contributed by atoms with Crippen LogP contribution in [0.25, 0.3) is 0 Å². The summed E-state index contributed by atoms with van der Waals surface area (Å²) in [6, 6.07) is -2.06. The SMILES string of the molecule is CCC(C)C(N)C(=O)OOC(=O)[C@H](N)CCC(=O)O. The molecule has 0 amide bonds. The number of nitrogens with two attached hydrogens (primary N) is 2. The molecule has 0 spiro atoms. The van der Waals surface area contributed by atoms with Crippen molar-refractivity contribution in [1.29, 1.82) is 0 Å². The quantitative estimate of drug-likeness (QED) is 0.419. The van der Waals surface area contributed by atoms with Crippen molar-refractivity contribution in [3.63, 3.8) is 0 Å². The number of hydrogen-bond acceptors (Lipinski definition) is 7. The molecule has 0 bridgehead atoms. The molecule has 8 heteroatoms. The molecule has 0 saturated heterocycles. The first-order chi connectivity index (χ1) is 8.79. The summed E-state index contributed by atoms with van der Waals surface area (Å²) in [5, 5.41) is 8.41. The molecule has 0 saturated carbocycles. The van der Waals surface area contributed by atoms with Gasteiger partial charge in [0.05, 0.1) is 0 Å². The molecular weight excluding hydrogens is 256 g/mol. The Balaban J connectivity index is 4.08. The fourth-order valence-electron chi connectivity index (χ4n) is 1.08. The van der Waals surface area contributed by atoms with Crippen LogP contribution in [0.15, 0.2) is 0 Å². The van der Waals surface area contributed by atoms with E-state index in [1.165, 1.54) is 0 Å². The predicted octanol–water partition coefficient (Wildman–Crippen LogP) is -0.447. The van der Waals surface area contributed by atoms with Crippen LogP contribution in [-0.2, 0) is 24.2 Å². The fourth-order valence-corrected chi connectivity index (χ4v) is 1.08. The Kier molecular flexibility index (Phi) is 7.69. The first kappa shape index (κ1) is 17.3. The molecule has 0 radical (unpaired) electrons. The zero-order valence-electron chi connectivity index (χ0n) is 11.0. The van der Waals surface area contributed by atoms with Crippen molar-refractivity contribution >= 4 is 17.9 Å². The van der Waals surface area contributed by atoms with E-state index in [2.05, 4.69) is 9.78 Å². The molecule has 0 aliphatic heterocycles. The Labute approximate surface area is 111 Å². The summed E-state index contributed by atoms with van der Waals surface area (Å²) >= 11 is 0. The van der Waals surface area contributed by atoms with Crippen LogP contribution in [0.2, 0.25) is 0 Å². The standard InChI is InChI=1S/C11H20N2O6/c1-3-6(2)9(13)11(17)19-18-10(16)7(12)4-5-8(14)15/h6-7,9H,3-5,12-13H2,1-2H3,(H,14,15)/t6?,7-,9?/m1/s1. The average Bonchev–Trinajstić information content (AvgIpc) is 2.39. The van der Waals surface area contributed by atoms with E-state index in [0.717, 1.165) is 0 Å². The van der Waals surface area contributed by atoms with Crippen molar-refractivity contribution < 1.29 is 29.3 Å². The van der Waals surface area contributed by atoms with Gasteiger partial charge in [-0.15, -0.1) is 0 Å². The van der Waals surface area contributed by atoms with Crippen molar-refractivity contribution in [2.24, 2.45) is 17.4 Å². The van der Waals surface area contributed by atoms with E-state index in [0.29, 0.717) is 6.42 Å². The number of aliphatic carboxylic acids is 1. The number of carbonyl (C=O) groups is 3. The number of hydrogen-bond donors (Lipinski definition) is 3. The normalized spacial score (nSPS) is 15.2. The second kappa shape index (κ2) is 8.44. The van der Waals surface area contributed by atoms with E-state index >= 15 is 0 Å². The van der Waals surface area contributed by atoms with Crippen LogP contribution in [0, 0.1) is 5.92 Å². The molecule has 8 nitrogen and oxygen atoms in total. The molecule has 2 unspecified atom stereocenters. The van der Waals surface area contributed by atoms with Crippen molar-refractivity contribution in [1.82, 2.24) is 0 Å². The lowest BCUT2D eigenvalue weighted by atomic mass is 10.0. The summed E-state index contributed by atoms with van der Waals surface area (Å²) in [6.45, 7) is 3.61. The van der Waals surface area contributed by atoms with E-state index in [9.17, 15) is 14.4 Å². The third-order valence-electron chi connectivity index (χ3n) is 2.71. The van der Waals surface area contributed by atoms with Crippen LogP contribution in [0.4, 0.5) is 0 Å². The zero-order chi connectivity index (χ0) is 15.0. The van der Waals surface area contributed by atoms with Crippen LogP contribution in [0.3, 0.4) is 0 Å². The highest BCUT2D eigenvalue weighted by molar-refractivity contribution is 5.79. The van der Waals surface area contributed by atoms with Gasteiger partial charge in [-0.05, 0) is 12.3 Å². The van der Waals surface area contributed by atoms with Gasteiger partial charge in [0.2, 0.25) is 0 Å². The van der Waals surface area contributed by atoms with Gasteiger partial charge < -0.3 is 16.6 Å². The highest BCUT2D eigenvalue weighted by Crippen LogP contribution is 2.07. The second-order valence-corrected chi connectivity index (χ2v) is 4.25. The first-order valence-corrected chi connectivity index (χ1v) is 5.94. The lowest BCUT2D eigenvalue weighted by Crippen LogP contribution is -2.40. The minimum Gasteiger partial charge on any atom is -0.481 e. The predicted molar refractivity (Wildman–Crippen MR) is 64.5 cm³/mol. The van der Waals surface area contributed by atoms with E-state index in [1.807, 2.05) is 6.92 Å². The highest BCUT2D eigenvalue weighted by atomic mass is 17.2. The van der Waals surface area contributed by atoms with Crippen molar-refractivity contribution in [3.8, 4) is 0 Å². The smallest absolute Gasteiger partial charge is 0.372 e. The number of rotatable bonds is 7. The third-order valence-corrected chi connectivity index (χ3v) is 2.71. The van der Waals surface area contributed by atoms with E-state index in [1.54, 1.807) is 6.92 Å². The maximum absolute atomic E-state index is 11.4. The Hall–Kier alpha value is -1.67. The van der Waals surface area contributed by atoms with Crippen LogP contribution in [0.5, 0.6) is 0 Å². The molecule has 0 fully saturated rings. The van der Waals surface area contributed by atoms with Crippen LogP contribution in [0.1, 0.15) is 33.1 Å². The molecule has 0 aromatic heterocycles. The molecule has 5 N–H and O–H groups in total. The fraction of sp³-hybridized carbons (Fsp3) is 0.727. The molecule has 0 aromatic carbocycles. The van der Waals surface area contributed by atoms with E-state index in [4.69, 9.17) is 16.6 Å². The van der Waals surface area contributed by atoms with Crippen LogP contribution < -0.4 is 11.5 Å². The Morgan fingerprint density at radius 2 is 1.68 bits per heavy atom. The van der Waals surface area contributed by atoms with Gasteiger partial charge in [-0.1, -0.05) is 20.3 Å². The Morgan fingerprint density at radius 1 is 1.16 bits per heavy atom. The topological polar surface area (TPSA) is 142 Å². The Morgan fingerprint density at radius 3 is 2.16 bits per heavy atom. The van der Waals surface area contributed by atoms with Gasteiger partial charge >= 0.3 is 17.9 Å². The van der Waals surface area contributed by atoms with Gasteiger partial charge in [-0.3, -0.25) is 4.79 Å². The summed E-state index contributed by atoms with van der Waals surface area (Å²) in [5.41, 5.74) is 10.9. The summed E-state index contributed by atoms with van der Waals surface area (Å²) in [7, 11) is 0. The average molecular weight is 276 g/mol. The van der Waals surface area contributed by atoms with Crippen LogP contribution in [-0.4, -0.2) is 35.1 Å². The van der Waals surface area contributed by atoms with Crippen LogP contribution >= 0.6 is 0 Å². The maximum atomic E-state index is 11.4. The maximum Gasteiger partial charge on any atom is 0.372 e. The lowest BCUT2D eigenvalue weighted by Gasteiger charge is -2.15. The van der Waals surface area contributed by atoms with Gasteiger partial charge in [0, 0.05) is 6.42 Å².